The Balaban J connectivity index is 1.73. The third-order valence-electron chi connectivity index (χ3n) is 5.00. The predicted molar refractivity (Wildman–Crippen MR) is 95.2 cm³/mol. The van der Waals surface area contributed by atoms with E-state index < -0.39 is 0 Å². The van der Waals surface area contributed by atoms with Crippen LogP contribution in [-0.4, -0.2) is 24.4 Å². The van der Waals surface area contributed by atoms with E-state index in [1.54, 1.807) is 0 Å². The van der Waals surface area contributed by atoms with E-state index in [0.717, 1.165) is 26.1 Å². The number of hydrogen-bond acceptors (Lipinski definition) is 2. The molecule has 2 unspecified atom stereocenters. The summed E-state index contributed by atoms with van der Waals surface area (Å²) in [7, 11) is 0. The van der Waals surface area contributed by atoms with E-state index in [2.05, 4.69) is 6.92 Å². The van der Waals surface area contributed by atoms with Crippen molar-refractivity contribution >= 4 is 0 Å². The van der Waals surface area contributed by atoms with E-state index in [9.17, 15) is 5.11 Å². The van der Waals surface area contributed by atoms with E-state index in [1.165, 1.54) is 83.5 Å². The first-order chi connectivity index (χ1) is 10.8. The summed E-state index contributed by atoms with van der Waals surface area (Å²) in [5.41, 5.74) is 0. The standard InChI is InChI=1S/C20H40O2/c1-2-3-4-5-6-7-8-9-10-11-12-16-22-18-19-14-13-15-20(21)17-19/h19-21H,2-18H2,1H3. The first kappa shape index (κ1) is 20.0. The fraction of sp³-hybridized carbons (Fsp3) is 1.00. The molecule has 0 aromatic heterocycles. The highest BCUT2D eigenvalue weighted by Crippen LogP contribution is 2.24. The van der Waals surface area contributed by atoms with Gasteiger partial charge >= 0.3 is 0 Å². The third kappa shape index (κ3) is 11.5. The first-order valence-corrected chi connectivity index (χ1v) is 10.1. The molecule has 0 spiro atoms. The van der Waals surface area contributed by atoms with Crippen molar-refractivity contribution in [1.29, 1.82) is 0 Å². The maximum Gasteiger partial charge on any atom is 0.0543 e. The Hall–Kier alpha value is -0.0800. The number of aliphatic hydroxyl groups excluding tert-OH is 1. The Labute approximate surface area is 139 Å². The fourth-order valence-electron chi connectivity index (χ4n) is 3.53. The zero-order chi connectivity index (χ0) is 15.9. The Morgan fingerprint density at radius 3 is 2.00 bits per heavy atom. The summed E-state index contributed by atoms with van der Waals surface area (Å²) in [4.78, 5) is 0. The molecular formula is C20H40O2. The summed E-state index contributed by atoms with van der Waals surface area (Å²) in [6.07, 6.45) is 19.6. The molecule has 0 radical (unpaired) electrons. The smallest absolute Gasteiger partial charge is 0.0543 e. The first-order valence-electron chi connectivity index (χ1n) is 10.1. The molecule has 132 valence electrons. The van der Waals surface area contributed by atoms with Crippen molar-refractivity contribution in [3.63, 3.8) is 0 Å². The van der Waals surface area contributed by atoms with Crippen molar-refractivity contribution in [3.8, 4) is 0 Å². The monoisotopic (exact) mass is 312 g/mol. The Morgan fingerprint density at radius 1 is 0.818 bits per heavy atom. The number of unbranched alkanes of at least 4 members (excludes halogenated alkanes) is 10. The van der Waals surface area contributed by atoms with Crippen LogP contribution in [0.1, 0.15) is 103 Å². The van der Waals surface area contributed by atoms with Gasteiger partial charge in [0.2, 0.25) is 0 Å². The molecule has 1 aliphatic carbocycles. The van der Waals surface area contributed by atoms with Gasteiger partial charge in [0, 0.05) is 13.2 Å². The summed E-state index contributed by atoms with van der Waals surface area (Å²) < 4.78 is 5.79. The van der Waals surface area contributed by atoms with Crippen LogP contribution in [0.5, 0.6) is 0 Å². The summed E-state index contributed by atoms with van der Waals surface area (Å²) in [6, 6.07) is 0. The highest BCUT2D eigenvalue weighted by atomic mass is 16.5. The SMILES string of the molecule is CCCCCCCCCCCCCOCC1CCCC(O)C1. The second-order valence-corrected chi connectivity index (χ2v) is 7.30. The van der Waals surface area contributed by atoms with Crippen molar-refractivity contribution in [2.45, 2.75) is 109 Å². The molecule has 1 aliphatic rings. The summed E-state index contributed by atoms with van der Waals surface area (Å²) in [5, 5.41) is 9.63. The van der Waals surface area contributed by atoms with Gasteiger partial charge in [0.1, 0.15) is 0 Å². The Kier molecular flexibility index (Phi) is 13.2. The van der Waals surface area contributed by atoms with Crippen LogP contribution < -0.4 is 0 Å². The molecule has 2 atom stereocenters. The third-order valence-corrected chi connectivity index (χ3v) is 5.00. The minimum absolute atomic E-state index is 0.0654. The summed E-state index contributed by atoms with van der Waals surface area (Å²) >= 11 is 0. The topological polar surface area (TPSA) is 29.5 Å². The molecule has 0 amide bonds. The average Bonchev–Trinajstić information content (AvgIpc) is 2.52. The summed E-state index contributed by atoms with van der Waals surface area (Å²) in [5.74, 6) is 0.608. The number of ether oxygens (including phenoxy) is 1. The van der Waals surface area contributed by atoms with Crippen molar-refractivity contribution in [1.82, 2.24) is 0 Å². The molecule has 1 fully saturated rings. The molecule has 1 N–H and O–H groups in total. The lowest BCUT2D eigenvalue weighted by atomic mass is 9.88. The van der Waals surface area contributed by atoms with Gasteiger partial charge in [-0.15, -0.1) is 0 Å². The second-order valence-electron chi connectivity index (χ2n) is 7.30. The predicted octanol–water partition coefficient (Wildman–Crippen LogP) is 5.87. The van der Waals surface area contributed by atoms with Gasteiger partial charge in [-0.2, -0.15) is 0 Å². The van der Waals surface area contributed by atoms with Crippen molar-refractivity contribution < 1.29 is 9.84 Å². The zero-order valence-corrected chi connectivity index (χ0v) is 15.0. The minimum atomic E-state index is -0.0654. The van der Waals surface area contributed by atoms with Gasteiger partial charge in [-0.3, -0.25) is 0 Å². The van der Waals surface area contributed by atoms with Crippen LogP contribution in [0.3, 0.4) is 0 Å². The maximum atomic E-state index is 9.63. The molecule has 2 nitrogen and oxygen atoms in total. The van der Waals surface area contributed by atoms with Crippen LogP contribution in [0.25, 0.3) is 0 Å². The molecule has 1 rings (SSSR count). The van der Waals surface area contributed by atoms with Crippen molar-refractivity contribution in [3.05, 3.63) is 0 Å². The zero-order valence-electron chi connectivity index (χ0n) is 15.0. The highest BCUT2D eigenvalue weighted by Gasteiger charge is 2.19. The van der Waals surface area contributed by atoms with Crippen LogP contribution in [0.15, 0.2) is 0 Å². The average molecular weight is 313 g/mol. The maximum absolute atomic E-state index is 9.63. The van der Waals surface area contributed by atoms with Gasteiger partial charge in [-0.25, -0.2) is 0 Å². The van der Waals surface area contributed by atoms with Gasteiger partial charge < -0.3 is 9.84 Å². The minimum Gasteiger partial charge on any atom is -0.393 e. The molecule has 0 aliphatic heterocycles. The van der Waals surface area contributed by atoms with Gasteiger partial charge in [0.15, 0.2) is 0 Å². The lowest BCUT2D eigenvalue weighted by Gasteiger charge is -2.25. The molecule has 0 heterocycles. The Morgan fingerprint density at radius 2 is 1.41 bits per heavy atom. The molecular weight excluding hydrogens is 272 g/mol. The molecule has 22 heavy (non-hydrogen) atoms. The van der Waals surface area contributed by atoms with Crippen molar-refractivity contribution in [2.75, 3.05) is 13.2 Å². The van der Waals surface area contributed by atoms with Gasteiger partial charge in [0.05, 0.1) is 6.10 Å². The van der Waals surface area contributed by atoms with E-state index in [4.69, 9.17) is 4.74 Å². The number of hydrogen-bond donors (Lipinski definition) is 1. The second kappa shape index (κ2) is 14.5. The molecule has 1 saturated carbocycles. The summed E-state index contributed by atoms with van der Waals surface area (Å²) in [6.45, 7) is 4.07. The van der Waals surface area contributed by atoms with E-state index >= 15 is 0 Å². The van der Waals surface area contributed by atoms with Crippen LogP contribution in [0, 0.1) is 5.92 Å². The van der Waals surface area contributed by atoms with E-state index in [-0.39, 0.29) is 6.10 Å². The normalized spacial score (nSPS) is 22.1. The lowest BCUT2D eigenvalue weighted by Crippen LogP contribution is -2.23. The molecule has 0 aromatic carbocycles. The van der Waals surface area contributed by atoms with E-state index in [1.807, 2.05) is 0 Å². The number of aliphatic hydroxyl groups is 1. The lowest BCUT2D eigenvalue weighted by molar-refractivity contribution is 0.0400. The largest absolute Gasteiger partial charge is 0.393 e. The van der Waals surface area contributed by atoms with Gasteiger partial charge in [-0.05, 0) is 31.6 Å². The van der Waals surface area contributed by atoms with Crippen LogP contribution >= 0.6 is 0 Å². The number of rotatable bonds is 14. The van der Waals surface area contributed by atoms with Gasteiger partial charge in [0.25, 0.3) is 0 Å². The molecule has 2 heteroatoms. The highest BCUT2D eigenvalue weighted by molar-refractivity contribution is 4.71. The molecule has 0 bridgehead atoms. The van der Waals surface area contributed by atoms with E-state index in [0.29, 0.717) is 5.92 Å². The quantitative estimate of drug-likeness (QED) is 0.407. The van der Waals surface area contributed by atoms with Gasteiger partial charge in [-0.1, -0.05) is 77.6 Å². The molecule has 0 saturated heterocycles. The van der Waals surface area contributed by atoms with Crippen LogP contribution in [0.4, 0.5) is 0 Å². The fourth-order valence-corrected chi connectivity index (χ4v) is 3.53. The Bertz CT molecular complexity index is 230. The van der Waals surface area contributed by atoms with Crippen LogP contribution in [-0.2, 0) is 4.74 Å². The van der Waals surface area contributed by atoms with Crippen LogP contribution in [0.2, 0.25) is 0 Å². The molecule has 0 aromatic rings. The van der Waals surface area contributed by atoms with Crippen molar-refractivity contribution in [2.24, 2.45) is 5.92 Å².